The summed E-state index contributed by atoms with van der Waals surface area (Å²) in [7, 11) is 0. The average Bonchev–Trinajstić information content (AvgIpc) is 3.25. The first kappa shape index (κ1) is 15.8. The predicted octanol–water partition coefficient (Wildman–Crippen LogP) is 3.60. The van der Waals surface area contributed by atoms with Crippen molar-refractivity contribution < 1.29 is 9.32 Å². The van der Waals surface area contributed by atoms with Crippen LogP contribution in [0.15, 0.2) is 57.3 Å². The van der Waals surface area contributed by atoms with Crippen LogP contribution in [0.4, 0.5) is 0 Å². The summed E-state index contributed by atoms with van der Waals surface area (Å²) in [5.41, 5.74) is 0. The van der Waals surface area contributed by atoms with E-state index >= 15 is 0 Å². The lowest BCUT2D eigenvalue weighted by molar-refractivity contribution is -0.120. The molecule has 0 unspecified atom stereocenters. The highest BCUT2D eigenvalue weighted by atomic mass is 32.2. The summed E-state index contributed by atoms with van der Waals surface area (Å²) in [5, 5.41) is 8.66. The molecule has 23 heavy (non-hydrogen) atoms. The van der Waals surface area contributed by atoms with Crippen LogP contribution in [0.2, 0.25) is 0 Å². The van der Waals surface area contributed by atoms with E-state index in [-0.39, 0.29) is 12.5 Å². The van der Waals surface area contributed by atoms with E-state index in [9.17, 15) is 4.79 Å². The van der Waals surface area contributed by atoms with E-state index in [2.05, 4.69) is 15.5 Å². The van der Waals surface area contributed by atoms with Crippen molar-refractivity contribution >= 4 is 29.0 Å². The van der Waals surface area contributed by atoms with E-state index < -0.39 is 0 Å². The summed E-state index contributed by atoms with van der Waals surface area (Å²) in [4.78, 5) is 18.2. The molecule has 0 aliphatic rings. The lowest BCUT2D eigenvalue weighted by Crippen LogP contribution is -2.23. The third kappa shape index (κ3) is 4.67. The highest BCUT2D eigenvalue weighted by Gasteiger charge is 2.10. The number of carbonyl (C=O) groups is 1. The Bertz CT molecular complexity index is 742. The van der Waals surface area contributed by atoms with Crippen molar-refractivity contribution in [2.24, 2.45) is 0 Å². The Morgan fingerprint density at radius 2 is 2.09 bits per heavy atom. The maximum atomic E-state index is 11.8. The van der Waals surface area contributed by atoms with Crippen molar-refractivity contribution in [3.63, 3.8) is 0 Å². The lowest BCUT2D eigenvalue weighted by Gasteiger charge is -2.02. The maximum absolute atomic E-state index is 11.8. The molecule has 1 amide bonds. The van der Waals surface area contributed by atoms with Gasteiger partial charge in [-0.2, -0.15) is 4.98 Å². The van der Waals surface area contributed by atoms with Gasteiger partial charge in [-0.1, -0.05) is 29.4 Å². The van der Waals surface area contributed by atoms with Gasteiger partial charge in [-0.25, -0.2) is 0 Å². The van der Waals surface area contributed by atoms with E-state index in [1.165, 1.54) is 0 Å². The number of thioether (sulfide) groups is 1. The molecule has 1 N–H and O–H groups in total. The molecular weight excluding hydrogens is 330 g/mol. The first-order valence-corrected chi connectivity index (χ1v) is 8.99. The molecule has 5 nitrogen and oxygen atoms in total. The van der Waals surface area contributed by atoms with Crippen molar-refractivity contribution in [2.75, 3.05) is 5.75 Å². The quantitative estimate of drug-likeness (QED) is 0.663. The molecule has 1 aromatic carbocycles. The number of hydrogen-bond donors (Lipinski definition) is 1. The van der Waals surface area contributed by atoms with E-state index in [0.717, 1.165) is 15.5 Å². The van der Waals surface area contributed by atoms with Gasteiger partial charge in [0.2, 0.25) is 17.6 Å². The second-order valence-electron chi connectivity index (χ2n) is 4.68. The number of thiophene rings is 1. The van der Waals surface area contributed by atoms with Crippen LogP contribution in [0, 0.1) is 0 Å². The molecule has 118 valence electrons. The Kier molecular flexibility index (Phi) is 5.44. The largest absolute Gasteiger partial charge is 0.347 e. The Morgan fingerprint density at radius 1 is 1.22 bits per heavy atom. The second-order valence-corrected chi connectivity index (χ2v) is 6.79. The summed E-state index contributed by atoms with van der Waals surface area (Å²) in [5.74, 6) is 1.69. The van der Waals surface area contributed by atoms with Crippen LogP contribution in [0.1, 0.15) is 12.3 Å². The predicted molar refractivity (Wildman–Crippen MR) is 91.2 cm³/mol. The van der Waals surface area contributed by atoms with Gasteiger partial charge in [0.05, 0.1) is 11.4 Å². The SMILES string of the molecule is O=C(CCSc1ccccc1)NCc1nc(-c2cccs2)no1. The minimum Gasteiger partial charge on any atom is -0.347 e. The molecular formula is C16H15N3O2S2. The zero-order valence-electron chi connectivity index (χ0n) is 12.3. The van der Waals surface area contributed by atoms with Crippen molar-refractivity contribution in [1.82, 2.24) is 15.5 Å². The van der Waals surface area contributed by atoms with Gasteiger partial charge in [0.15, 0.2) is 0 Å². The molecule has 3 aromatic rings. The fraction of sp³-hybridized carbons (Fsp3) is 0.188. The number of rotatable bonds is 7. The van der Waals surface area contributed by atoms with Gasteiger partial charge in [0, 0.05) is 17.1 Å². The molecule has 0 bridgehead atoms. The Morgan fingerprint density at radius 3 is 2.87 bits per heavy atom. The van der Waals surface area contributed by atoms with Crippen molar-refractivity contribution in [2.45, 2.75) is 17.9 Å². The van der Waals surface area contributed by atoms with Crippen LogP contribution in [-0.4, -0.2) is 21.8 Å². The van der Waals surface area contributed by atoms with Gasteiger partial charge in [-0.05, 0) is 23.6 Å². The average molecular weight is 345 g/mol. The van der Waals surface area contributed by atoms with Crippen LogP contribution in [0.3, 0.4) is 0 Å². The summed E-state index contributed by atoms with van der Waals surface area (Å²) in [6.45, 7) is 0.257. The Labute approximate surface area is 142 Å². The molecule has 0 aliphatic heterocycles. The number of benzene rings is 1. The van der Waals surface area contributed by atoms with Crippen molar-refractivity contribution in [1.29, 1.82) is 0 Å². The Balaban J connectivity index is 1.41. The number of hydrogen-bond acceptors (Lipinski definition) is 6. The normalized spacial score (nSPS) is 10.6. The molecule has 2 heterocycles. The Hall–Kier alpha value is -2.12. The fourth-order valence-electron chi connectivity index (χ4n) is 1.87. The van der Waals surface area contributed by atoms with Gasteiger partial charge in [-0.15, -0.1) is 23.1 Å². The molecule has 0 aliphatic carbocycles. The highest BCUT2D eigenvalue weighted by Crippen LogP contribution is 2.21. The fourth-order valence-corrected chi connectivity index (χ4v) is 3.40. The highest BCUT2D eigenvalue weighted by molar-refractivity contribution is 7.99. The monoisotopic (exact) mass is 345 g/mol. The molecule has 0 atom stereocenters. The molecule has 0 saturated carbocycles. The van der Waals surface area contributed by atoms with Crippen molar-refractivity contribution in [3.8, 4) is 10.7 Å². The van der Waals surface area contributed by atoms with Crippen LogP contribution in [0.5, 0.6) is 0 Å². The maximum Gasteiger partial charge on any atom is 0.246 e. The van der Waals surface area contributed by atoms with Gasteiger partial charge in [0.25, 0.3) is 0 Å². The van der Waals surface area contributed by atoms with E-state index in [1.807, 2.05) is 47.8 Å². The van der Waals surface area contributed by atoms with Gasteiger partial charge < -0.3 is 9.84 Å². The minimum atomic E-state index is -0.0238. The van der Waals surface area contributed by atoms with Crippen LogP contribution in [0.25, 0.3) is 10.7 Å². The summed E-state index contributed by atoms with van der Waals surface area (Å²) < 4.78 is 5.14. The molecule has 2 aromatic heterocycles. The molecule has 0 fully saturated rings. The van der Waals surface area contributed by atoms with Gasteiger partial charge in [0.1, 0.15) is 0 Å². The second kappa shape index (κ2) is 7.94. The standard InChI is InChI=1S/C16H15N3O2S2/c20-14(8-10-22-12-5-2-1-3-6-12)17-11-15-18-16(19-21-15)13-7-4-9-23-13/h1-7,9H,8,10-11H2,(H,17,20). The smallest absolute Gasteiger partial charge is 0.246 e. The van der Waals surface area contributed by atoms with Crippen LogP contribution < -0.4 is 5.32 Å². The van der Waals surface area contributed by atoms with Crippen molar-refractivity contribution in [3.05, 3.63) is 53.7 Å². The van der Waals surface area contributed by atoms with Gasteiger partial charge >= 0.3 is 0 Å². The first-order chi connectivity index (χ1) is 11.3. The first-order valence-electron chi connectivity index (χ1n) is 7.12. The molecule has 0 radical (unpaired) electrons. The summed E-state index contributed by atoms with van der Waals surface area (Å²) in [6.07, 6.45) is 0.450. The molecule has 3 rings (SSSR count). The zero-order valence-corrected chi connectivity index (χ0v) is 13.9. The topological polar surface area (TPSA) is 68.0 Å². The third-order valence-corrected chi connectivity index (χ3v) is 4.87. The molecule has 7 heteroatoms. The number of amides is 1. The van der Waals surface area contributed by atoms with Crippen LogP contribution in [-0.2, 0) is 11.3 Å². The lowest BCUT2D eigenvalue weighted by atomic mass is 10.4. The number of carbonyl (C=O) groups excluding carboxylic acids is 1. The third-order valence-electron chi connectivity index (χ3n) is 2.99. The zero-order chi connectivity index (χ0) is 15.9. The molecule has 0 spiro atoms. The van der Waals surface area contributed by atoms with E-state index in [1.54, 1.807) is 23.1 Å². The van der Waals surface area contributed by atoms with Gasteiger partial charge in [-0.3, -0.25) is 4.79 Å². The van der Waals surface area contributed by atoms with E-state index in [4.69, 9.17) is 4.52 Å². The van der Waals surface area contributed by atoms with Crippen LogP contribution >= 0.6 is 23.1 Å². The number of nitrogens with one attached hydrogen (secondary N) is 1. The molecule has 0 saturated heterocycles. The number of nitrogens with zero attached hydrogens (tertiary/aromatic N) is 2. The number of aromatic nitrogens is 2. The minimum absolute atomic E-state index is 0.0238. The summed E-state index contributed by atoms with van der Waals surface area (Å²) >= 11 is 3.21. The van der Waals surface area contributed by atoms with E-state index in [0.29, 0.717) is 18.1 Å². The summed E-state index contributed by atoms with van der Waals surface area (Å²) in [6, 6.07) is 13.9.